The van der Waals surface area contributed by atoms with Gasteiger partial charge in [-0.1, -0.05) is 25.1 Å². The Morgan fingerprint density at radius 3 is 2.75 bits per heavy atom. The van der Waals surface area contributed by atoms with Gasteiger partial charge in [0.05, 0.1) is 18.3 Å². The smallest absolute Gasteiger partial charge is 0.316 e. The number of ether oxygens (including phenoxy) is 1. The third kappa shape index (κ3) is 2.76. The number of aromatic amines is 1. The molecule has 24 heavy (non-hydrogen) atoms. The molecule has 0 saturated carbocycles. The Hall–Kier alpha value is -3.09. The fraction of sp³-hybridized carbons (Fsp3) is 0.235. The molecule has 0 atom stereocenters. The monoisotopic (exact) mass is 325 g/mol. The predicted octanol–water partition coefficient (Wildman–Crippen LogP) is 2.36. The third-order valence-corrected chi connectivity index (χ3v) is 3.76. The lowest BCUT2D eigenvalue weighted by Crippen LogP contribution is -2.25. The van der Waals surface area contributed by atoms with Gasteiger partial charge in [-0.2, -0.15) is 0 Å². The molecule has 3 aromatic rings. The maximum Gasteiger partial charge on any atom is 0.316 e. The summed E-state index contributed by atoms with van der Waals surface area (Å²) in [6, 6.07) is 6.00. The number of H-pyrrole nitrogens is 1. The first-order valence-corrected chi connectivity index (χ1v) is 7.70. The van der Waals surface area contributed by atoms with Crippen LogP contribution in [0.1, 0.15) is 23.8 Å². The zero-order valence-electron chi connectivity index (χ0n) is 13.6. The van der Waals surface area contributed by atoms with Crippen LogP contribution in [0.25, 0.3) is 22.0 Å². The maximum absolute atomic E-state index is 12.3. The Morgan fingerprint density at radius 2 is 2.08 bits per heavy atom. The Labute approximate surface area is 139 Å². The zero-order chi connectivity index (χ0) is 17.1. The van der Waals surface area contributed by atoms with Crippen molar-refractivity contribution in [2.24, 2.45) is 0 Å². The largest absolute Gasteiger partial charge is 0.467 e. The summed E-state index contributed by atoms with van der Waals surface area (Å²) in [5, 5.41) is 3.63. The molecule has 0 spiro atoms. The van der Waals surface area contributed by atoms with Crippen molar-refractivity contribution in [1.29, 1.82) is 0 Å². The fourth-order valence-electron chi connectivity index (χ4n) is 2.55. The van der Waals surface area contributed by atoms with E-state index in [2.05, 4.69) is 20.3 Å². The van der Waals surface area contributed by atoms with E-state index in [1.165, 1.54) is 7.11 Å². The second-order valence-electron chi connectivity index (χ2n) is 5.36. The van der Waals surface area contributed by atoms with Gasteiger partial charge in [-0.3, -0.25) is 4.79 Å². The van der Waals surface area contributed by atoms with E-state index in [0.29, 0.717) is 23.9 Å². The lowest BCUT2D eigenvalue weighted by atomic mass is 10.1. The van der Waals surface area contributed by atoms with Crippen LogP contribution in [-0.4, -0.2) is 34.5 Å². The topological polar surface area (TPSA) is 106 Å². The number of nitrogens with two attached hydrogens (primary N) is 1. The number of amides is 1. The molecular formula is C17H19N5O2. The third-order valence-electron chi connectivity index (χ3n) is 3.76. The molecule has 0 aliphatic heterocycles. The molecule has 4 N–H and O–H groups in total. The lowest BCUT2D eigenvalue weighted by molar-refractivity contribution is 0.0950. The second kappa shape index (κ2) is 6.57. The number of carbonyl (C=O) groups excluding carboxylic acids is 1. The van der Waals surface area contributed by atoms with E-state index in [1.807, 2.05) is 25.1 Å². The molecule has 7 nitrogen and oxygen atoms in total. The van der Waals surface area contributed by atoms with Crippen LogP contribution in [0.5, 0.6) is 6.01 Å². The minimum atomic E-state index is -0.206. The number of nitrogens with zero attached hydrogens (tertiary/aromatic N) is 2. The first kappa shape index (κ1) is 15.8. The molecule has 1 aromatic carbocycles. The molecule has 7 heteroatoms. The molecule has 0 unspecified atom stereocenters. The van der Waals surface area contributed by atoms with Crippen molar-refractivity contribution in [2.75, 3.05) is 19.4 Å². The van der Waals surface area contributed by atoms with Gasteiger partial charge in [0.15, 0.2) is 0 Å². The molecule has 3 rings (SSSR count). The number of anilines is 1. The van der Waals surface area contributed by atoms with Crippen LogP contribution in [0.15, 0.2) is 30.6 Å². The summed E-state index contributed by atoms with van der Waals surface area (Å²) < 4.78 is 4.98. The summed E-state index contributed by atoms with van der Waals surface area (Å²) in [6.07, 6.45) is 4.21. The molecule has 2 heterocycles. The highest BCUT2D eigenvalue weighted by molar-refractivity contribution is 6.10. The standard InChI is InChI=1S/C17H19N5O2/c1-3-7-19-16(23)15-13(18)12-6-4-5-11(14(12)22-15)10-8-20-17(24-2)21-9-10/h4-6,8-9,22H,3,7,18H2,1-2H3,(H,19,23). The van der Waals surface area contributed by atoms with Gasteiger partial charge in [0.25, 0.3) is 5.91 Å². The van der Waals surface area contributed by atoms with E-state index in [0.717, 1.165) is 28.5 Å². The maximum atomic E-state index is 12.3. The van der Waals surface area contributed by atoms with Crippen molar-refractivity contribution in [1.82, 2.24) is 20.3 Å². The number of aromatic nitrogens is 3. The van der Waals surface area contributed by atoms with Crippen molar-refractivity contribution < 1.29 is 9.53 Å². The number of nitrogen functional groups attached to an aromatic ring is 1. The molecule has 0 fully saturated rings. The van der Waals surface area contributed by atoms with Gasteiger partial charge in [-0.15, -0.1) is 0 Å². The Balaban J connectivity index is 2.08. The van der Waals surface area contributed by atoms with Crippen molar-refractivity contribution in [2.45, 2.75) is 13.3 Å². The molecule has 0 aliphatic rings. The summed E-state index contributed by atoms with van der Waals surface area (Å²) in [7, 11) is 1.52. The minimum absolute atomic E-state index is 0.206. The highest BCUT2D eigenvalue weighted by Gasteiger charge is 2.17. The normalized spacial score (nSPS) is 10.8. The van der Waals surface area contributed by atoms with Crippen LogP contribution < -0.4 is 15.8 Å². The van der Waals surface area contributed by atoms with E-state index in [1.54, 1.807) is 12.4 Å². The number of para-hydroxylation sites is 1. The predicted molar refractivity (Wildman–Crippen MR) is 92.9 cm³/mol. The molecule has 0 saturated heterocycles. The van der Waals surface area contributed by atoms with Crippen LogP contribution in [0.3, 0.4) is 0 Å². The molecule has 0 aliphatic carbocycles. The van der Waals surface area contributed by atoms with Gasteiger partial charge in [0.1, 0.15) is 5.69 Å². The van der Waals surface area contributed by atoms with Crippen molar-refractivity contribution in [3.05, 3.63) is 36.3 Å². The van der Waals surface area contributed by atoms with Gasteiger partial charge in [0, 0.05) is 35.5 Å². The molecule has 0 bridgehead atoms. The number of nitrogens with one attached hydrogen (secondary N) is 2. The van der Waals surface area contributed by atoms with Gasteiger partial charge < -0.3 is 20.8 Å². The van der Waals surface area contributed by atoms with Crippen LogP contribution in [0.4, 0.5) is 5.69 Å². The van der Waals surface area contributed by atoms with E-state index in [4.69, 9.17) is 10.5 Å². The number of rotatable bonds is 5. The molecular weight excluding hydrogens is 306 g/mol. The van der Waals surface area contributed by atoms with Crippen molar-refractivity contribution >= 4 is 22.5 Å². The fourth-order valence-corrected chi connectivity index (χ4v) is 2.55. The van der Waals surface area contributed by atoms with Crippen LogP contribution >= 0.6 is 0 Å². The first-order valence-electron chi connectivity index (χ1n) is 7.70. The summed E-state index contributed by atoms with van der Waals surface area (Å²) >= 11 is 0. The van der Waals surface area contributed by atoms with Gasteiger partial charge >= 0.3 is 6.01 Å². The summed E-state index contributed by atoms with van der Waals surface area (Å²) in [5.74, 6) is -0.206. The van der Waals surface area contributed by atoms with E-state index in [9.17, 15) is 4.79 Å². The summed E-state index contributed by atoms with van der Waals surface area (Å²) in [5.41, 5.74) is 9.44. The number of benzene rings is 1. The quantitative estimate of drug-likeness (QED) is 0.667. The molecule has 124 valence electrons. The van der Waals surface area contributed by atoms with Crippen LogP contribution in [0.2, 0.25) is 0 Å². The molecule has 2 aromatic heterocycles. The van der Waals surface area contributed by atoms with E-state index in [-0.39, 0.29) is 5.91 Å². The number of carbonyl (C=O) groups is 1. The molecule has 1 amide bonds. The zero-order valence-corrected chi connectivity index (χ0v) is 13.6. The van der Waals surface area contributed by atoms with E-state index >= 15 is 0 Å². The van der Waals surface area contributed by atoms with Gasteiger partial charge in [-0.05, 0) is 6.42 Å². The number of fused-ring (bicyclic) bond motifs is 1. The van der Waals surface area contributed by atoms with Crippen molar-refractivity contribution in [3.8, 4) is 17.1 Å². The number of methoxy groups -OCH3 is 1. The van der Waals surface area contributed by atoms with Crippen molar-refractivity contribution in [3.63, 3.8) is 0 Å². The van der Waals surface area contributed by atoms with Gasteiger partial charge in [-0.25, -0.2) is 9.97 Å². The lowest BCUT2D eigenvalue weighted by Gasteiger charge is -2.04. The Kier molecular flexibility index (Phi) is 4.33. The average Bonchev–Trinajstić information content (AvgIpc) is 2.97. The summed E-state index contributed by atoms with van der Waals surface area (Å²) in [6.45, 7) is 2.60. The first-order chi connectivity index (χ1) is 11.7. The Bertz CT molecular complexity index is 871. The highest BCUT2D eigenvalue weighted by atomic mass is 16.5. The second-order valence-corrected chi connectivity index (χ2v) is 5.36. The highest BCUT2D eigenvalue weighted by Crippen LogP contribution is 2.32. The van der Waals surface area contributed by atoms with Gasteiger partial charge in [0.2, 0.25) is 0 Å². The van der Waals surface area contributed by atoms with Crippen LogP contribution in [-0.2, 0) is 0 Å². The van der Waals surface area contributed by atoms with Crippen LogP contribution in [0, 0.1) is 0 Å². The average molecular weight is 325 g/mol. The molecule has 0 radical (unpaired) electrons. The minimum Gasteiger partial charge on any atom is -0.467 e. The Morgan fingerprint density at radius 1 is 1.33 bits per heavy atom. The summed E-state index contributed by atoms with van der Waals surface area (Å²) in [4.78, 5) is 23.7. The number of hydrogen-bond acceptors (Lipinski definition) is 5. The SMILES string of the molecule is CCCNC(=O)c1[nH]c2c(-c3cnc(OC)nc3)cccc2c1N. The number of hydrogen-bond donors (Lipinski definition) is 3. The van der Waals surface area contributed by atoms with E-state index < -0.39 is 0 Å².